The van der Waals surface area contributed by atoms with Crippen molar-refractivity contribution in [1.29, 1.82) is 0 Å². The second-order valence-corrected chi connectivity index (χ2v) is 23.9. The van der Waals surface area contributed by atoms with E-state index in [1.165, 1.54) is 205 Å². The van der Waals surface area contributed by atoms with Crippen LogP contribution in [0.5, 0.6) is 0 Å². The Kier molecular flexibility index (Phi) is 49.3. The van der Waals surface area contributed by atoms with E-state index in [9.17, 15) is 45.6 Å². The lowest BCUT2D eigenvalue weighted by molar-refractivity contribution is -0.359. The Bertz CT molecular complexity index is 1560. The summed E-state index contributed by atoms with van der Waals surface area (Å²) < 4.78 is 22.8. The van der Waals surface area contributed by atoms with Crippen LogP contribution < -0.4 is 5.32 Å². The minimum atomic E-state index is -1.79. The predicted molar refractivity (Wildman–Crippen MR) is 332 cm³/mol. The fourth-order valence-corrected chi connectivity index (χ4v) is 11.0. The molecule has 2 fully saturated rings. The molecule has 14 nitrogen and oxygen atoms in total. The molecule has 2 saturated heterocycles. The Morgan fingerprint density at radius 3 is 1.20 bits per heavy atom. The third-order valence-corrected chi connectivity index (χ3v) is 16.5. The lowest BCUT2D eigenvalue weighted by Crippen LogP contribution is -2.65. The van der Waals surface area contributed by atoms with Crippen molar-refractivity contribution in [1.82, 2.24) is 5.32 Å². The standard InChI is InChI=1S/C68H125NO13/c1-3-5-7-9-11-13-15-17-19-21-23-25-27-28-30-32-34-36-38-40-42-44-46-48-50-52-60(73)69-56(55-79-67-65(78)63(76)66(59(54-71)81-67)82-68-64(77)62(75)61(74)58(53-70)80-68)57(72)51-49-47-45-43-41-39-37-35-33-31-29-26-24-22-20-18-16-14-12-10-8-6-4-2/h21,23,33,35,41,43,49,51,56-59,61-68,70-72,74-78H,3-20,22,24-32,34,36-40,42,44-48,50,52-55H2,1-2H3,(H,69,73)/b23-21-,35-33+,43-41+,51-49+. The van der Waals surface area contributed by atoms with E-state index in [4.69, 9.17) is 18.9 Å². The zero-order chi connectivity index (χ0) is 59.5. The zero-order valence-corrected chi connectivity index (χ0v) is 52.0. The third-order valence-electron chi connectivity index (χ3n) is 16.5. The summed E-state index contributed by atoms with van der Waals surface area (Å²) in [6, 6.07) is -0.939. The number of ether oxygens (including phenoxy) is 4. The normalized spacial score (nSPS) is 24.2. The molecule has 12 unspecified atom stereocenters. The highest BCUT2D eigenvalue weighted by molar-refractivity contribution is 5.76. The number of hydrogen-bond acceptors (Lipinski definition) is 13. The van der Waals surface area contributed by atoms with Crippen molar-refractivity contribution >= 4 is 5.91 Å². The molecule has 0 spiro atoms. The first kappa shape index (κ1) is 76.0. The number of allylic oxidation sites excluding steroid dienone is 7. The number of rotatable bonds is 55. The molecule has 2 rings (SSSR count). The largest absolute Gasteiger partial charge is 0.394 e. The molecule has 480 valence electrons. The van der Waals surface area contributed by atoms with Crippen molar-refractivity contribution in [3.05, 3.63) is 48.6 Å². The average Bonchev–Trinajstić information content (AvgIpc) is 3.56. The molecular weight excluding hydrogens is 1040 g/mol. The Morgan fingerprint density at radius 1 is 0.427 bits per heavy atom. The molecular formula is C68H125NO13. The minimum Gasteiger partial charge on any atom is -0.394 e. The van der Waals surface area contributed by atoms with Crippen molar-refractivity contribution in [2.24, 2.45) is 0 Å². The van der Waals surface area contributed by atoms with Gasteiger partial charge >= 0.3 is 0 Å². The summed E-state index contributed by atoms with van der Waals surface area (Å²) in [5, 5.41) is 87.3. The van der Waals surface area contributed by atoms with Gasteiger partial charge in [0, 0.05) is 6.42 Å². The molecule has 82 heavy (non-hydrogen) atoms. The maximum Gasteiger partial charge on any atom is 0.220 e. The number of carbonyl (C=O) groups is 1. The van der Waals surface area contributed by atoms with Gasteiger partial charge in [-0.3, -0.25) is 4.79 Å². The molecule has 14 heteroatoms. The van der Waals surface area contributed by atoms with Crippen molar-refractivity contribution in [3.63, 3.8) is 0 Å². The number of unbranched alkanes of at least 4 members (excludes halogenated alkanes) is 36. The van der Waals surface area contributed by atoms with Gasteiger partial charge in [0.05, 0.1) is 32.0 Å². The lowest BCUT2D eigenvalue weighted by atomic mass is 9.97. The molecule has 0 aliphatic carbocycles. The van der Waals surface area contributed by atoms with Gasteiger partial charge in [0.2, 0.25) is 5.91 Å². The van der Waals surface area contributed by atoms with Gasteiger partial charge in [-0.15, -0.1) is 0 Å². The summed E-state index contributed by atoms with van der Waals surface area (Å²) >= 11 is 0. The smallest absolute Gasteiger partial charge is 0.220 e. The van der Waals surface area contributed by atoms with Gasteiger partial charge in [-0.05, 0) is 70.6 Å². The summed E-state index contributed by atoms with van der Waals surface area (Å²) in [5.74, 6) is -0.251. The number of aliphatic hydroxyl groups excluding tert-OH is 8. The van der Waals surface area contributed by atoms with Crippen LogP contribution in [0.2, 0.25) is 0 Å². The summed E-state index contributed by atoms with van der Waals surface area (Å²) in [6.07, 6.45) is 51.6. The molecule has 0 saturated carbocycles. The molecule has 0 aromatic carbocycles. The minimum absolute atomic E-state index is 0.251. The number of amides is 1. The van der Waals surface area contributed by atoms with Gasteiger partial charge < -0.3 is 65.1 Å². The molecule has 0 aromatic rings. The Labute approximate surface area is 499 Å². The summed E-state index contributed by atoms with van der Waals surface area (Å²) in [6.45, 7) is 2.81. The van der Waals surface area contributed by atoms with E-state index in [-0.39, 0.29) is 18.9 Å². The second-order valence-electron chi connectivity index (χ2n) is 23.9. The number of hydrogen-bond donors (Lipinski definition) is 9. The Morgan fingerprint density at radius 2 is 0.780 bits per heavy atom. The predicted octanol–water partition coefficient (Wildman–Crippen LogP) is 13.1. The van der Waals surface area contributed by atoms with Crippen LogP contribution in [0.25, 0.3) is 0 Å². The van der Waals surface area contributed by atoms with Gasteiger partial charge in [0.1, 0.15) is 48.8 Å². The first-order valence-corrected chi connectivity index (χ1v) is 33.9. The van der Waals surface area contributed by atoms with E-state index in [1.807, 2.05) is 6.08 Å². The monoisotopic (exact) mass is 1160 g/mol. The highest BCUT2D eigenvalue weighted by Gasteiger charge is 2.51. The topological polar surface area (TPSA) is 228 Å². The van der Waals surface area contributed by atoms with E-state index in [1.54, 1.807) is 6.08 Å². The van der Waals surface area contributed by atoms with Crippen LogP contribution in [-0.2, 0) is 23.7 Å². The maximum absolute atomic E-state index is 13.3. The molecule has 0 radical (unpaired) electrons. The summed E-state index contributed by atoms with van der Waals surface area (Å²) in [4.78, 5) is 13.3. The van der Waals surface area contributed by atoms with Crippen molar-refractivity contribution in [2.45, 2.75) is 357 Å². The second kappa shape index (κ2) is 53.2. The molecule has 9 N–H and O–H groups in total. The highest BCUT2D eigenvalue weighted by Crippen LogP contribution is 2.30. The fraction of sp³-hybridized carbons (Fsp3) is 0.868. The van der Waals surface area contributed by atoms with E-state index in [2.05, 4.69) is 55.6 Å². The van der Waals surface area contributed by atoms with Gasteiger partial charge in [-0.25, -0.2) is 0 Å². The van der Waals surface area contributed by atoms with Crippen LogP contribution in [0.4, 0.5) is 0 Å². The molecule has 2 heterocycles. The molecule has 12 atom stereocenters. The highest BCUT2D eigenvalue weighted by atomic mass is 16.7. The van der Waals surface area contributed by atoms with E-state index in [0.717, 1.165) is 44.9 Å². The van der Waals surface area contributed by atoms with Crippen LogP contribution in [0.1, 0.15) is 284 Å². The molecule has 2 aliphatic heterocycles. The van der Waals surface area contributed by atoms with E-state index >= 15 is 0 Å². The van der Waals surface area contributed by atoms with Crippen LogP contribution in [0.3, 0.4) is 0 Å². The first-order valence-electron chi connectivity index (χ1n) is 33.9. The van der Waals surface area contributed by atoms with E-state index < -0.39 is 86.8 Å². The van der Waals surface area contributed by atoms with Crippen LogP contribution in [0, 0.1) is 0 Å². The molecule has 1 amide bonds. The molecule has 0 bridgehead atoms. The van der Waals surface area contributed by atoms with Gasteiger partial charge in [-0.1, -0.05) is 255 Å². The van der Waals surface area contributed by atoms with Crippen molar-refractivity contribution < 1.29 is 64.6 Å². The Balaban J connectivity index is 1.73. The molecule has 2 aliphatic rings. The zero-order valence-electron chi connectivity index (χ0n) is 52.0. The van der Waals surface area contributed by atoms with Crippen molar-refractivity contribution in [2.75, 3.05) is 19.8 Å². The van der Waals surface area contributed by atoms with Gasteiger partial charge in [0.15, 0.2) is 12.6 Å². The van der Waals surface area contributed by atoms with Crippen molar-refractivity contribution in [3.8, 4) is 0 Å². The van der Waals surface area contributed by atoms with Crippen LogP contribution in [0.15, 0.2) is 48.6 Å². The summed E-state index contributed by atoms with van der Waals surface area (Å²) in [7, 11) is 0. The van der Waals surface area contributed by atoms with Gasteiger partial charge in [0.25, 0.3) is 0 Å². The fourth-order valence-electron chi connectivity index (χ4n) is 11.0. The lowest BCUT2D eigenvalue weighted by Gasteiger charge is -2.46. The SMILES string of the molecule is CCCCCCCCCC/C=C\CCCCCCCCCCCCCCCC(=O)NC(COC1OC(CO)C(OC2OC(CO)C(O)C(O)C2O)C(O)C1O)C(O)/C=C/CC/C=C/CC/C=C/CCCCCCCCCCCCCCC. The first-order chi connectivity index (χ1) is 40.1. The molecule has 0 aromatic heterocycles. The third kappa shape index (κ3) is 37.5. The summed E-state index contributed by atoms with van der Waals surface area (Å²) in [5.41, 5.74) is 0. The Hall–Kier alpha value is -2.05. The average molecular weight is 1160 g/mol. The van der Waals surface area contributed by atoms with E-state index in [0.29, 0.717) is 12.8 Å². The number of aliphatic hydroxyl groups is 8. The van der Waals surface area contributed by atoms with Gasteiger partial charge in [-0.2, -0.15) is 0 Å². The van der Waals surface area contributed by atoms with Crippen LogP contribution >= 0.6 is 0 Å². The van der Waals surface area contributed by atoms with Crippen LogP contribution in [-0.4, -0.2) is 140 Å². The number of nitrogens with one attached hydrogen (secondary N) is 1. The maximum atomic E-state index is 13.3. The number of carbonyl (C=O) groups excluding carboxylic acids is 1. The quantitative estimate of drug-likeness (QED) is 0.0204.